The number of carbonyl (C=O) groups excluding carboxylic acids is 1. The van der Waals surface area contributed by atoms with E-state index in [9.17, 15) is 23.5 Å². The zero-order valence-corrected chi connectivity index (χ0v) is 19.6. The maximum absolute atomic E-state index is 13.0. The standard InChI is InChI=1S/C29H23F2NO5/c30-28(31)37-26-14-13-17-7-1-2-8-18(17)23(26)15-25(27(33)34)32-29(35)36-16-24-21-11-5-3-9-19(21)20-10-4-6-12-22(20)24/h1-14,24-25,28H,15-16H2,(H,32,35)(H,33,34). The summed E-state index contributed by atoms with van der Waals surface area (Å²) in [5.74, 6) is -1.66. The maximum atomic E-state index is 13.0. The van der Waals surface area contributed by atoms with Crippen LogP contribution in [0.1, 0.15) is 22.6 Å². The van der Waals surface area contributed by atoms with Crippen molar-refractivity contribution in [3.05, 3.63) is 102 Å². The molecule has 0 bridgehead atoms. The van der Waals surface area contributed by atoms with Crippen LogP contribution in [0.25, 0.3) is 21.9 Å². The van der Waals surface area contributed by atoms with Crippen LogP contribution in [0.2, 0.25) is 0 Å². The minimum absolute atomic E-state index is 0.0141. The molecular weight excluding hydrogens is 480 g/mol. The smallest absolute Gasteiger partial charge is 0.407 e. The molecule has 8 heteroatoms. The van der Waals surface area contributed by atoms with E-state index in [0.29, 0.717) is 5.39 Å². The molecule has 0 fully saturated rings. The van der Waals surface area contributed by atoms with Gasteiger partial charge in [-0.25, -0.2) is 9.59 Å². The molecule has 1 aliphatic rings. The number of alkyl carbamates (subject to hydrolysis) is 1. The van der Waals surface area contributed by atoms with E-state index in [0.717, 1.165) is 27.6 Å². The van der Waals surface area contributed by atoms with Crippen LogP contribution < -0.4 is 10.1 Å². The first-order chi connectivity index (χ1) is 17.9. The Morgan fingerprint density at radius 3 is 2.14 bits per heavy atom. The second kappa shape index (κ2) is 10.3. The molecule has 5 rings (SSSR count). The van der Waals surface area contributed by atoms with Crippen molar-refractivity contribution in [3.63, 3.8) is 0 Å². The van der Waals surface area contributed by atoms with Crippen molar-refractivity contribution >= 4 is 22.8 Å². The van der Waals surface area contributed by atoms with E-state index in [2.05, 4.69) is 10.1 Å². The van der Waals surface area contributed by atoms with Gasteiger partial charge >= 0.3 is 18.7 Å². The van der Waals surface area contributed by atoms with Crippen molar-refractivity contribution < 1.29 is 33.0 Å². The fourth-order valence-corrected chi connectivity index (χ4v) is 4.92. The third-order valence-electron chi connectivity index (χ3n) is 6.56. The highest BCUT2D eigenvalue weighted by Gasteiger charge is 2.30. The molecule has 6 nitrogen and oxygen atoms in total. The molecule has 0 aromatic heterocycles. The van der Waals surface area contributed by atoms with E-state index >= 15 is 0 Å². The number of fused-ring (bicyclic) bond motifs is 4. The zero-order chi connectivity index (χ0) is 25.9. The summed E-state index contributed by atoms with van der Waals surface area (Å²) in [6, 6.07) is 24.2. The SMILES string of the molecule is O=C(NC(Cc1c(OC(F)F)ccc2ccccc12)C(=O)O)OCC1c2ccccc2-c2ccccc21. The quantitative estimate of drug-likeness (QED) is 0.309. The average Bonchev–Trinajstić information content (AvgIpc) is 3.21. The van der Waals surface area contributed by atoms with Crippen LogP contribution in [0, 0.1) is 0 Å². The summed E-state index contributed by atoms with van der Waals surface area (Å²) in [7, 11) is 0. The molecule has 2 N–H and O–H groups in total. The number of carboxylic acid groups (broad SMARTS) is 1. The van der Waals surface area contributed by atoms with Crippen molar-refractivity contribution in [2.75, 3.05) is 6.61 Å². The second-order valence-electron chi connectivity index (χ2n) is 8.71. The van der Waals surface area contributed by atoms with Crippen molar-refractivity contribution in [2.45, 2.75) is 25.0 Å². The molecule has 0 aliphatic heterocycles. The van der Waals surface area contributed by atoms with Crippen LogP contribution in [-0.2, 0) is 16.0 Å². The van der Waals surface area contributed by atoms with Gasteiger partial charge in [-0.3, -0.25) is 0 Å². The monoisotopic (exact) mass is 503 g/mol. The molecule has 4 aromatic rings. The number of rotatable bonds is 8. The van der Waals surface area contributed by atoms with Crippen molar-refractivity contribution in [1.82, 2.24) is 5.32 Å². The second-order valence-corrected chi connectivity index (χ2v) is 8.71. The van der Waals surface area contributed by atoms with Gasteiger partial charge in [-0.2, -0.15) is 8.78 Å². The van der Waals surface area contributed by atoms with Crippen LogP contribution in [0.15, 0.2) is 84.9 Å². The van der Waals surface area contributed by atoms with Gasteiger partial charge in [0.05, 0.1) is 0 Å². The van der Waals surface area contributed by atoms with E-state index in [1.54, 1.807) is 30.3 Å². The molecule has 4 aromatic carbocycles. The molecule has 1 aliphatic carbocycles. The summed E-state index contributed by atoms with van der Waals surface area (Å²) in [6.45, 7) is -3.07. The van der Waals surface area contributed by atoms with Crippen LogP contribution >= 0.6 is 0 Å². The minimum atomic E-state index is -3.08. The van der Waals surface area contributed by atoms with E-state index < -0.39 is 24.7 Å². The summed E-state index contributed by atoms with van der Waals surface area (Å²) in [4.78, 5) is 24.7. The average molecular weight is 504 g/mol. The van der Waals surface area contributed by atoms with Gasteiger partial charge in [-0.1, -0.05) is 78.9 Å². The summed E-state index contributed by atoms with van der Waals surface area (Å²) < 4.78 is 36.2. The van der Waals surface area contributed by atoms with Gasteiger partial charge in [0.2, 0.25) is 0 Å². The number of carboxylic acids is 1. The number of benzene rings is 4. The number of hydrogen-bond acceptors (Lipinski definition) is 4. The summed E-state index contributed by atoms with van der Waals surface area (Å²) >= 11 is 0. The Bertz CT molecular complexity index is 1430. The van der Waals surface area contributed by atoms with E-state index in [4.69, 9.17) is 4.74 Å². The zero-order valence-electron chi connectivity index (χ0n) is 19.6. The van der Waals surface area contributed by atoms with Gasteiger partial charge in [-0.05, 0) is 39.1 Å². The van der Waals surface area contributed by atoms with Crippen molar-refractivity contribution in [3.8, 4) is 16.9 Å². The van der Waals surface area contributed by atoms with Crippen LogP contribution in [0.4, 0.5) is 13.6 Å². The molecule has 37 heavy (non-hydrogen) atoms. The van der Waals surface area contributed by atoms with E-state index in [1.807, 2.05) is 48.5 Å². The number of ether oxygens (including phenoxy) is 2. The molecule has 0 spiro atoms. The lowest BCUT2D eigenvalue weighted by molar-refractivity contribution is -0.139. The highest BCUT2D eigenvalue weighted by molar-refractivity contribution is 5.89. The largest absolute Gasteiger partial charge is 0.480 e. The highest BCUT2D eigenvalue weighted by Crippen LogP contribution is 2.44. The van der Waals surface area contributed by atoms with Gasteiger partial charge in [0, 0.05) is 17.9 Å². The number of aliphatic carboxylic acids is 1. The van der Waals surface area contributed by atoms with Gasteiger partial charge < -0.3 is 19.9 Å². The van der Waals surface area contributed by atoms with Crippen molar-refractivity contribution in [2.24, 2.45) is 0 Å². The molecule has 0 heterocycles. The highest BCUT2D eigenvalue weighted by atomic mass is 19.3. The van der Waals surface area contributed by atoms with Crippen LogP contribution in [0.5, 0.6) is 5.75 Å². The van der Waals surface area contributed by atoms with Gasteiger partial charge in [0.15, 0.2) is 0 Å². The lowest BCUT2D eigenvalue weighted by Crippen LogP contribution is -2.43. The summed E-state index contributed by atoms with van der Waals surface area (Å²) in [5, 5.41) is 13.5. The fourth-order valence-electron chi connectivity index (χ4n) is 4.92. The number of carbonyl (C=O) groups is 2. The Morgan fingerprint density at radius 1 is 0.865 bits per heavy atom. The minimum Gasteiger partial charge on any atom is -0.480 e. The molecule has 1 unspecified atom stereocenters. The Kier molecular flexibility index (Phi) is 6.72. The Hall–Kier alpha value is -4.46. The maximum Gasteiger partial charge on any atom is 0.407 e. The topological polar surface area (TPSA) is 84.9 Å². The number of amides is 1. The van der Waals surface area contributed by atoms with Gasteiger partial charge in [-0.15, -0.1) is 0 Å². The van der Waals surface area contributed by atoms with Crippen LogP contribution in [-0.4, -0.2) is 36.4 Å². The fraction of sp³-hybridized carbons (Fsp3) is 0.172. The van der Waals surface area contributed by atoms with Crippen molar-refractivity contribution in [1.29, 1.82) is 0 Å². The number of halogens is 2. The molecule has 1 amide bonds. The van der Waals surface area contributed by atoms with E-state index in [-0.39, 0.29) is 30.3 Å². The lowest BCUT2D eigenvalue weighted by Gasteiger charge is -2.20. The number of alkyl halides is 2. The Morgan fingerprint density at radius 2 is 1.49 bits per heavy atom. The van der Waals surface area contributed by atoms with Gasteiger partial charge in [0.1, 0.15) is 18.4 Å². The first-order valence-corrected chi connectivity index (χ1v) is 11.7. The molecule has 0 radical (unpaired) electrons. The summed E-state index contributed by atoms with van der Waals surface area (Å²) in [6.07, 6.45) is -1.19. The number of hydrogen-bond donors (Lipinski definition) is 2. The Labute approximate surface area is 211 Å². The molecule has 0 saturated heterocycles. The third-order valence-corrected chi connectivity index (χ3v) is 6.56. The molecule has 188 valence electrons. The summed E-state index contributed by atoms with van der Waals surface area (Å²) in [5.41, 5.74) is 4.44. The predicted molar refractivity (Wildman–Crippen MR) is 134 cm³/mol. The van der Waals surface area contributed by atoms with Crippen LogP contribution in [0.3, 0.4) is 0 Å². The first-order valence-electron chi connectivity index (χ1n) is 11.7. The third kappa shape index (κ3) is 4.95. The normalized spacial score (nSPS) is 13.2. The predicted octanol–water partition coefficient (Wildman–Crippen LogP) is 5.98. The first kappa shape index (κ1) is 24.2. The lowest BCUT2D eigenvalue weighted by atomic mass is 9.97. The molecular formula is C29H23F2NO5. The van der Waals surface area contributed by atoms with E-state index in [1.165, 1.54) is 6.07 Å². The molecule has 0 saturated carbocycles. The number of nitrogens with one attached hydrogen (secondary N) is 1. The Balaban J connectivity index is 1.34. The van der Waals surface area contributed by atoms with Gasteiger partial charge in [0.25, 0.3) is 0 Å². The molecule has 1 atom stereocenters.